The largest absolute Gasteiger partial charge is 0.363 e. The molecular formula is C18H17NO4. The Balaban J connectivity index is 1.54. The van der Waals surface area contributed by atoms with Gasteiger partial charge in [0.05, 0.1) is 13.0 Å². The molecule has 0 bridgehead atoms. The second kappa shape index (κ2) is 7.17. The molecule has 2 aromatic carbocycles. The highest BCUT2D eigenvalue weighted by Gasteiger charge is 2.40. The van der Waals surface area contributed by atoms with Crippen molar-refractivity contribution in [2.45, 2.75) is 25.7 Å². The maximum absolute atomic E-state index is 12.2. The Morgan fingerprint density at radius 2 is 1.43 bits per heavy atom. The molecule has 2 amide bonds. The van der Waals surface area contributed by atoms with Gasteiger partial charge in [0.2, 0.25) is 0 Å². The zero-order valence-electron chi connectivity index (χ0n) is 12.6. The lowest BCUT2D eigenvalue weighted by Gasteiger charge is -2.14. The molecule has 0 unspecified atom stereocenters. The summed E-state index contributed by atoms with van der Waals surface area (Å²) in [6.45, 7) is 0.459. The Bertz CT molecular complexity index is 672. The van der Waals surface area contributed by atoms with Crippen molar-refractivity contribution >= 4 is 11.8 Å². The number of hydroxylamine groups is 2. The van der Waals surface area contributed by atoms with E-state index < -0.39 is 12.0 Å². The van der Waals surface area contributed by atoms with E-state index in [2.05, 4.69) is 0 Å². The maximum Gasteiger partial charge on any atom is 0.283 e. The lowest BCUT2D eigenvalue weighted by molar-refractivity contribution is -0.194. The number of nitrogens with zero attached hydrogens (tertiary/aromatic N) is 1. The highest BCUT2D eigenvalue weighted by Crippen LogP contribution is 2.19. The molecule has 3 rings (SSSR count). The quantitative estimate of drug-likeness (QED) is 0.769. The van der Waals surface area contributed by atoms with Crippen molar-refractivity contribution < 1.29 is 19.2 Å². The molecule has 1 aliphatic heterocycles. The summed E-state index contributed by atoms with van der Waals surface area (Å²) in [5.41, 5.74) is 1.85. The van der Waals surface area contributed by atoms with E-state index in [1.165, 1.54) is 0 Å². The first-order valence-corrected chi connectivity index (χ1v) is 7.43. The molecular weight excluding hydrogens is 294 g/mol. The van der Waals surface area contributed by atoms with Gasteiger partial charge in [0.15, 0.2) is 0 Å². The summed E-state index contributed by atoms with van der Waals surface area (Å²) in [5, 5.41) is 0.822. The summed E-state index contributed by atoms with van der Waals surface area (Å²) < 4.78 is 5.56. The van der Waals surface area contributed by atoms with Gasteiger partial charge in [0.25, 0.3) is 11.8 Å². The standard InChI is InChI=1S/C18H17NO4/c20-17-11-16(22-12-14-7-3-1-4-8-14)18(21)19(17)23-13-15-9-5-2-6-10-15/h1-10,16H,11-13H2/t16-/m0/s1. The molecule has 0 N–H and O–H groups in total. The van der Waals surface area contributed by atoms with E-state index in [9.17, 15) is 9.59 Å². The van der Waals surface area contributed by atoms with Crippen LogP contribution in [0.2, 0.25) is 0 Å². The fraction of sp³-hybridized carbons (Fsp3) is 0.222. The Morgan fingerprint density at radius 3 is 2.04 bits per heavy atom. The smallest absolute Gasteiger partial charge is 0.283 e. The van der Waals surface area contributed by atoms with Crippen LogP contribution in [0.15, 0.2) is 60.7 Å². The molecule has 1 aliphatic rings. The zero-order valence-corrected chi connectivity index (χ0v) is 12.6. The molecule has 5 nitrogen and oxygen atoms in total. The molecule has 1 heterocycles. The summed E-state index contributed by atoms with van der Waals surface area (Å²) >= 11 is 0. The van der Waals surface area contributed by atoms with Crippen LogP contribution >= 0.6 is 0 Å². The molecule has 1 fully saturated rings. The van der Waals surface area contributed by atoms with Crippen molar-refractivity contribution in [1.29, 1.82) is 0 Å². The second-order valence-electron chi connectivity index (χ2n) is 5.27. The van der Waals surface area contributed by atoms with Gasteiger partial charge in [0.1, 0.15) is 12.7 Å². The van der Waals surface area contributed by atoms with E-state index in [0.717, 1.165) is 16.2 Å². The number of hydrogen-bond donors (Lipinski definition) is 0. The van der Waals surface area contributed by atoms with Crippen LogP contribution in [0.25, 0.3) is 0 Å². The molecule has 5 heteroatoms. The number of amides is 2. The highest BCUT2D eigenvalue weighted by molar-refractivity contribution is 6.03. The highest BCUT2D eigenvalue weighted by atomic mass is 16.7. The lowest BCUT2D eigenvalue weighted by Crippen LogP contribution is -2.32. The van der Waals surface area contributed by atoms with Gasteiger partial charge in [-0.05, 0) is 11.1 Å². The lowest BCUT2D eigenvalue weighted by atomic mass is 10.2. The third-order valence-electron chi connectivity index (χ3n) is 3.56. The van der Waals surface area contributed by atoms with Gasteiger partial charge in [-0.1, -0.05) is 60.7 Å². The van der Waals surface area contributed by atoms with Gasteiger partial charge in [-0.25, -0.2) is 0 Å². The van der Waals surface area contributed by atoms with Gasteiger partial charge >= 0.3 is 0 Å². The molecule has 0 aliphatic carbocycles. The number of hydrogen-bond acceptors (Lipinski definition) is 4. The summed E-state index contributed by atoms with van der Waals surface area (Å²) in [6, 6.07) is 18.9. The maximum atomic E-state index is 12.2. The van der Waals surface area contributed by atoms with E-state index >= 15 is 0 Å². The van der Waals surface area contributed by atoms with Crippen molar-refractivity contribution in [3.63, 3.8) is 0 Å². The molecule has 1 atom stereocenters. The minimum atomic E-state index is -0.779. The van der Waals surface area contributed by atoms with E-state index in [0.29, 0.717) is 0 Å². The fourth-order valence-corrected chi connectivity index (χ4v) is 2.33. The van der Waals surface area contributed by atoms with Crippen LogP contribution in [0.1, 0.15) is 17.5 Å². The Labute approximate surface area is 134 Å². The van der Waals surface area contributed by atoms with Crippen LogP contribution in [-0.2, 0) is 32.4 Å². The first-order chi connectivity index (χ1) is 11.2. The van der Waals surface area contributed by atoms with Gasteiger partial charge in [-0.2, -0.15) is 5.06 Å². The Morgan fingerprint density at radius 1 is 0.870 bits per heavy atom. The van der Waals surface area contributed by atoms with Crippen molar-refractivity contribution in [3.8, 4) is 0 Å². The number of imide groups is 1. The monoisotopic (exact) mass is 311 g/mol. The van der Waals surface area contributed by atoms with Crippen molar-refractivity contribution in [1.82, 2.24) is 5.06 Å². The molecule has 118 valence electrons. The van der Waals surface area contributed by atoms with Crippen molar-refractivity contribution in [2.75, 3.05) is 0 Å². The van der Waals surface area contributed by atoms with Gasteiger partial charge < -0.3 is 4.74 Å². The zero-order chi connectivity index (χ0) is 16.1. The number of benzene rings is 2. The number of rotatable bonds is 6. The van der Waals surface area contributed by atoms with Gasteiger partial charge in [-0.15, -0.1) is 0 Å². The molecule has 2 aromatic rings. The molecule has 0 spiro atoms. The summed E-state index contributed by atoms with van der Waals surface area (Å²) in [6.07, 6.45) is -0.765. The van der Waals surface area contributed by atoms with Crippen LogP contribution < -0.4 is 0 Å². The third-order valence-corrected chi connectivity index (χ3v) is 3.56. The minimum Gasteiger partial charge on any atom is -0.363 e. The third kappa shape index (κ3) is 3.83. The fourth-order valence-electron chi connectivity index (χ4n) is 2.33. The minimum absolute atomic E-state index is 0.0143. The molecule has 23 heavy (non-hydrogen) atoms. The average Bonchev–Trinajstić information content (AvgIpc) is 2.87. The van der Waals surface area contributed by atoms with E-state index in [1.54, 1.807) is 0 Å². The first kappa shape index (κ1) is 15.4. The van der Waals surface area contributed by atoms with Crippen LogP contribution in [0.5, 0.6) is 0 Å². The second-order valence-corrected chi connectivity index (χ2v) is 5.27. The normalized spacial score (nSPS) is 17.7. The first-order valence-electron chi connectivity index (χ1n) is 7.43. The van der Waals surface area contributed by atoms with Gasteiger partial charge in [0, 0.05) is 0 Å². The summed E-state index contributed by atoms with van der Waals surface area (Å²) in [5.74, 6) is -0.814. The Kier molecular flexibility index (Phi) is 4.80. The predicted molar refractivity (Wildman–Crippen MR) is 82.7 cm³/mol. The number of ether oxygens (including phenoxy) is 1. The SMILES string of the molecule is O=C1C[C@H](OCc2ccccc2)C(=O)N1OCc1ccccc1. The van der Waals surface area contributed by atoms with E-state index in [1.807, 2.05) is 60.7 Å². The summed E-state index contributed by atoms with van der Waals surface area (Å²) in [4.78, 5) is 29.5. The van der Waals surface area contributed by atoms with Gasteiger partial charge in [-0.3, -0.25) is 14.4 Å². The van der Waals surface area contributed by atoms with E-state index in [4.69, 9.17) is 9.57 Å². The van der Waals surface area contributed by atoms with E-state index in [-0.39, 0.29) is 25.5 Å². The Hall–Kier alpha value is -2.50. The van der Waals surface area contributed by atoms with Crippen LogP contribution in [-0.4, -0.2) is 23.0 Å². The van der Waals surface area contributed by atoms with Crippen LogP contribution in [0, 0.1) is 0 Å². The predicted octanol–water partition coefficient (Wildman–Crippen LogP) is 2.46. The topological polar surface area (TPSA) is 55.8 Å². The summed E-state index contributed by atoms with van der Waals surface area (Å²) in [7, 11) is 0. The number of carbonyl (C=O) groups is 2. The molecule has 1 saturated heterocycles. The average molecular weight is 311 g/mol. The molecule has 0 saturated carbocycles. The van der Waals surface area contributed by atoms with Crippen molar-refractivity contribution in [3.05, 3.63) is 71.8 Å². The van der Waals surface area contributed by atoms with Crippen LogP contribution in [0.3, 0.4) is 0 Å². The number of carbonyl (C=O) groups excluding carboxylic acids is 2. The molecule has 0 aromatic heterocycles. The van der Waals surface area contributed by atoms with Crippen molar-refractivity contribution in [2.24, 2.45) is 0 Å². The molecule has 0 radical (unpaired) electrons. The van der Waals surface area contributed by atoms with Crippen LogP contribution in [0.4, 0.5) is 0 Å².